The first-order chi connectivity index (χ1) is 15.6. The molecule has 2 saturated heterocycles. The number of hydrogen-bond acceptors (Lipinski definition) is 5. The highest BCUT2D eigenvalue weighted by molar-refractivity contribution is 5.93. The van der Waals surface area contributed by atoms with Gasteiger partial charge < -0.3 is 4.90 Å². The Labute approximate surface area is 187 Å². The average Bonchev–Trinajstić information content (AvgIpc) is 3.19. The summed E-state index contributed by atoms with van der Waals surface area (Å²) in [6, 6.07) is 12.4. The molecule has 8 heteroatoms. The van der Waals surface area contributed by atoms with E-state index in [1.165, 1.54) is 18.4 Å². The third-order valence-corrected chi connectivity index (χ3v) is 7.24. The summed E-state index contributed by atoms with van der Waals surface area (Å²) in [5, 5.41) is 12.2. The summed E-state index contributed by atoms with van der Waals surface area (Å²) in [4.78, 5) is 22.4. The molecule has 2 aromatic heterocycles. The molecule has 1 unspecified atom stereocenters. The standard InChI is InChI=1S/C24H29N7O/c1-2-31-11-10-20(28-31)23(32)30-15-24(16-30)14-29(12-17-6-4-3-5-7-17)13-19(24)22-25-21(26-27-22)18-8-9-18/h3-7,10-11,18-19H,2,8-9,12-16H2,1H3,(H,25,26,27). The van der Waals surface area contributed by atoms with Gasteiger partial charge in [-0.25, -0.2) is 4.98 Å². The number of likely N-dealkylation sites (tertiary alicyclic amines) is 2. The van der Waals surface area contributed by atoms with Gasteiger partial charge in [0.2, 0.25) is 0 Å². The second-order valence-corrected chi connectivity index (χ2v) is 9.64. The van der Waals surface area contributed by atoms with Gasteiger partial charge in [0.15, 0.2) is 5.82 Å². The van der Waals surface area contributed by atoms with E-state index in [2.05, 4.69) is 50.5 Å². The average molecular weight is 432 g/mol. The van der Waals surface area contributed by atoms with Crippen LogP contribution in [0.5, 0.6) is 0 Å². The molecule has 3 aliphatic rings. The second-order valence-electron chi connectivity index (χ2n) is 9.64. The highest BCUT2D eigenvalue weighted by Gasteiger charge is 2.57. The van der Waals surface area contributed by atoms with Crippen LogP contribution in [-0.2, 0) is 13.1 Å². The zero-order chi connectivity index (χ0) is 21.7. The molecular weight excluding hydrogens is 402 g/mol. The van der Waals surface area contributed by atoms with E-state index in [0.29, 0.717) is 11.6 Å². The molecule has 3 aromatic rings. The number of nitrogens with one attached hydrogen (secondary N) is 1. The number of carbonyl (C=O) groups is 1. The molecule has 4 heterocycles. The van der Waals surface area contributed by atoms with E-state index < -0.39 is 0 Å². The predicted molar refractivity (Wildman–Crippen MR) is 119 cm³/mol. The lowest BCUT2D eigenvalue weighted by molar-refractivity contribution is 0.00131. The van der Waals surface area contributed by atoms with Crippen LogP contribution in [0.4, 0.5) is 0 Å². The molecule has 1 amide bonds. The van der Waals surface area contributed by atoms with Gasteiger partial charge in [0.05, 0.1) is 0 Å². The Morgan fingerprint density at radius 1 is 1.16 bits per heavy atom. The lowest BCUT2D eigenvalue weighted by Gasteiger charge is -2.50. The molecule has 1 spiro atoms. The van der Waals surface area contributed by atoms with E-state index >= 15 is 0 Å². The van der Waals surface area contributed by atoms with Gasteiger partial charge >= 0.3 is 0 Å². The number of aromatic amines is 1. The molecule has 1 aromatic carbocycles. The van der Waals surface area contributed by atoms with Crippen LogP contribution >= 0.6 is 0 Å². The maximum Gasteiger partial charge on any atom is 0.274 e. The van der Waals surface area contributed by atoms with Crippen LogP contribution in [0.15, 0.2) is 42.6 Å². The number of aryl methyl sites for hydroxylation is 1. The summed E-state index contributed by atoms with van der Waals surface area (Å²) in [6.07, 6.45) is 4.26. The van der Waals surface area contributed by atoms with Crippen molar-refractivity contribution in [1.82, 2.24) is 34.8 Å². The van der Waals surface area contributed by atoms with Crippen molar-refractivity contribution in [2.24, 2.45) is 5.41 Å². The van der Waals surface area contributed by atoms with Crippen LogP contribution in [0.2, 0.25) is 0 Å². The normalized spacial score (nSPS) is 22.4. The third kappa shape index (κ3) is 3.43. The maximum absolute atomic E-state index is 13.0. The Morgan fingerprint density at radius 3 is 2.69 bits per heavy atom. The van der Waals surface area contributed by atoms with E-state index in [-0.39, 0.29) is 17.2 Å². The molecule has 32 heavy (non-hydrogen) atoms. The topological polar surface area (TPSA) is 82.9 Å². The van der Waals surface area contributed by atoms with Gasteiger partial charge in [-0.1, -0.05) is 30.3 Å². The van der Waals surface area contributed by atoms with E-state index in [1.54, 1.807) is 4.68 Å². The molecule has 1 aliphatic carbocycles. The number of rotatable bonds is 6. The predicted octanol–water partition coefficient (Wildman–Crippen LogP) is 2.64. The van der Waals surface area contributed by atoms with Crippen molar-refractivity contribution >= 4 is 5.91 Å². The first-order valence-corrected chi connectivity index (χ1v) is 11.6. The van der Waals surface area contributed by atoms with Crippen molar-refractivity contribution in [2.75, 3.05) is 26.2 Å². The van der Waals surface area contributed by atoms with Gasteiger partial charge in [-0.05, 0) is 31.4 Å². The van der Waals surface area contributed by atoms with Crippen molar-refractivity contribution in [3.8, 4) is 0 Å². The summed E-state index contributed by atoms with van der Waals surface area (Å²) in [5.41, 5.74) is 1.86. The molecule has 0 radical (unpaired) electrons. The van der Waals surface area contributed by atoms with Crippen molar-refractivity contribution < 1.29 is 4.79 Å². The number of hydrogen-bond donors (Lipinski definition) is 1. The van der Waals surface area contributed by atoms with Gasteiger partial charge in [0, 0.05) is 62.7 Å². The summed E-state index contributed by atoms with van der Waals surface area (Å²) < 4.78 is 1.80. The van der Waals surface area contributed by atoms with E-state index in [4.69, 9.17) is 4.98 Å². The van der Waals surface area contributed by atoms with E-state index in [0.717, 1.165) is 50.9 Å². The molecule has 8 nitrogen and oxygen atoms in total. The van der Waals surface area contributed by atoms with Crippen molar-refractivity contribution in [3.05, 3.63) is 65.5 Å². The molecule has 1 atom stereocenters. The summed E-state index contributed by atoms with van der Waals surface area (Å²) in [6.45, 7) is 7.07. The number of aromatic nitrogens is 5. The number of nitrogens with zero attached hydrogens (tertiary/aromatic N) is 6. The summed E-state index contributed by atoms with van der Waals surface area (Å²) >= 11 is 0. The highest BCUT2D eigenvalue weighted by atomic mass is 16.2. The largest absolute Gasteiger partial charge is 0.336 e. The fourth-order valence-electron chi connectivity index (χ4n) is 5.37. The van der Waals surface area contributed by atoms with Gasteiger partial charge in [0.1, 0.15) is 11.5 Å². The molecule has 0 bridgehead atoms. The molecule has 1 N–H and O–H groups in total. The van der Waals surface area contributed by atoms with Crippen LogP contribution in [-0.4, -0.2) is 66.8 Å². The molecule has 6 rings (SSSR count). The minimum absolute atomic E-state index is 0.0120. The minimum atomic E-state index is 0.0120. The molecule has 2 aliphatic heterocycles. The zero-order valence-corrected chi connectivity index (χ0v) is 18.4. The summed E-state index contributed by atoms with van der Waals surface area (Å²) in [7, 11) is 0. The quantitative estimate of drug-likeness (QED) is 0.649. The minimum Gasteiger partial charge on any atom is -0.336 e. The zero-order valence-electron chi connectivity index (χ0n) is 18.4. The number of carbonyl (C=O) groups excluding carboxylic acids is 1. The Bertz CT molecular complexity index is 1110. The lowest BCUT2D eigenvalue weighted by Crippen LogP contribution is -2.61. The maximum atomic E-state index is 13.0. The van der Waals surface area contributed by atoms with Crippen LogP contribution < -0.4 is 0 Å². The van der Waals surface area contributed by atoms with Crippen LogP contribution in [0, 0.1) is 5.41 Å². The fourth-order valence-corrected chi connectivity index (χ4v) is 5.37. The number of amides is 1. The SMILES string of the molecule is CCn1ccc(C(=O)N2CC3(CN(Cc4ccccc4)CC3c3nc(C4CC4)n[nH]3)C2)n1. The van der Waals surface area contributed by atoms with Gasteiger partial charge in [-0.2, -0.15) is 10.2 Å². The Hall–Kier alpha value is -3.00. The van der Waals surface area contributed by atoms with E-state index in [9.17, 15) is 4.79 Å². The fraction of sp³-hybridized carbons (Fsp3) is 0.500. The lowest BCUT2D eigenvalue weighted by atomic mass is 9.71. The van der Waals surface area contributed by atoms with Crippen molar-refractivity contribution in [2.45, 2.75) is 44.7 Å². The van der Waals surface area contributed by atoms with E-state index in [1.807, 2.05) is 24.1 Å². The van der Waals surface area contributed by atoms with Crippen molar-refractivity contribution in [1.29, 1.82) is 0 Å². The Balaban J connectivity index is 1.22. The van der Waals surface area contributed by atoms with Crippen LogP contribution in [0.25, 0.3) is 0 Å². The van der Waals surface area contributed by atoms with Crippen molar-refractivity contribution in [3.63, 3.8) is 0 Å². The number of benzene rings is 1. The Kier molecular flexibility index (Phi) is 4.64. The van der Waals surface area contributed by atoms with Gasteiger partial charge in [-0.3, -0.25) is 19.5 Å². The third-order valence-electron chi connectivity index (χ3n) is 7.24. The van der Waals surface area contributed by atoms with Gasteiger partial charge in [-0.15, -0.1) is 0 Å². The molecular formula is C24H29N7O. The number of H-pyrrole nitrogens is 1. The second kappa shape index (κ2) is 7.55. The van der Waals surface area contributed by atoms with Gasteiger partial charge in [0.25, 0.3) is 5.91 Å². The monoisotopic (exact) mass is 431 g/mol. The summed E-state index contributed by atoms with van der Waals surface area (Å²) in [5.74, 6) is 2.77. The molecule has 1 saturated carbocycles. The van der Waals surface area contributed by atoms with Crippen LogP contribution in [0.1, 0.15) is 59.3 Å². The first kappa shape index (κ1) is 19.7. The first-order valence-electron chi connectivity index (χ1n) is 11.6. The molecule has 3 fully saturated rings. The molecule has 166 valence electrons. The van der Waals surface area contributed by atoms with Crippen LogP contribution in [0.3, 0.4) is 0 Å². The smallest absolute Gasteiger partial charge is 0.274 e. The highest BCUT2D eigenvalue weighted by Crippen LogP contribution is 2.49. The Morgan fingerprint density at radius 2 is 1.97 bits per heavy atom.